The maximum atomic E-state index is 14.9. The zero-order valence-corrected chi connectivity index (χ0v) is 18.7. The molecule has 0 aliphatic rings. The molecule has 3 aromatic rings. The average Bonchev–Trinajstić information content (AvgIpc) is 2.75. The lowest BCUT2D eigenvalue weighted by atomic mass is 10.1. The van der Waals surface area contributed by atoms with Crippen LogP contribution in [0, 0.1) is 28.8 Å². The average molecular weight is 583 g/mol. The molecule has 1 amide bonds. The van der Waals surface area contributed by atoms with Crippen LogP contribution in [0.1, 0.15) is 27.0 Å². The Morgan fingerprint density at radius 2 is 1.53 bits per heavy atom. The van der Waals surface area contributed by atoms with E-state index < -0.39 is 69.5 Å². The molecule has 14 heteroatoms. The molecule has 1 N–H and O–H groups in total. The zero-order chi connectivity index (χ0) is 27.0. The molecule has 0 unspecified atom stereocenters. The van der Waals surface area contributed by atoms with E-state index in [0.717, 1.165) is 18.2 Å². The van der Waals surface area contributed by atoms with Crippen molar-refractivity contribution in [2.75, 3.05) is 5.32 Å². The number of halogens is 10. The first-order valence-electron chi connectivity index (χ1n) is 9.28. The van der Waals surface area contributed by atoms with Crippen LogP contribution in [0.5, 0.6) is 11.5 Å². The van der Waals surface area contributed by atoms with Gasteiger partial charge in [-0.05, 0) is 42.5 Å². The first-order valence-corrected chi connectivity index (χ1v) is 10.1. The monoisotopic (exact) mass is 582 g/mol. The molecule has 0 spiro atoms. The largest absolute Gasteiger partial charge is 0.453 e. The van der Waals surface area contributed by atoms with Gasteiger partial charge < -0.3 is 10.1 Å². The lowest BCUT2D eigenvalue weighted by molar-refractivity contribution is -0.140. The lowest BCUT2D eigenvalue weighted by Crippen LogP contribution is -2.19. The molecule has 0 atom stereocenters. The summed E-state index contributed by atoms with van der Waals surface area (Å²) in [5.41, 5.74) is -6.16. The Kier molecular flexibility index (Phi) is 7.26. The summed E-state index contributed by atoms with van der Waals surface area (Å²) in [7, 11) is 0. The number of amides is 1. The number of carbonyl (C=O) groups is 1. The Morgan fingerprint density at radius 1 is 0.889 bits per heavy atom. The summed E-state index contributed by atoms with van der Waals surface area (Å²) in [5.74, 6) is -9.25. The number of hydrogen-bond donors (Lipinski definition) is 1. The van der Waals surface area contributed by atoms with E-state index in [4.69, 9.17) is 10.00 Å². The Bertz CT molecular complexity index is 1400. The van der Waals surface area contributed by atoms with Crippen LogP contribution in [-0.2, 0) is 12.4 Å². The van der Waals surface area contributed by atoms with Crippen LogP contribution in [0.2, 0.25) is 0 Å². The van der Waals surface area contributed by atoms with E-state index in [2.05, 4.69) is 15.9 Å². The summed E-state index contributed by atoms with van der Waals surface area (Å²) < 4.78 is 127. The maximum absolute atomic E-state index is 14.9. The number of alkyl halides is 6. The van der Waals surface area contributed by atoms with Gasteiger partial charge in [-0.15, -0.1) is 0 Å². The Hall–Kier alpha value is -3.73. The van der Waals surface area contributed by atoms with E-state index in [-0.39, 0.29) is 16.2 Å². The third kappa shape index (κ3) is 5.56. The van der Waals surface area contributed by atoms with Crippen LogP contribution < -0.4 is 10.1 Å². The maximum Gasteiger partial charge on any atom is 0.420 e. The van der Waals surface area contributed by atoms with E-state index in [9.17, 15) is 44.3 Å². The fraction of sp³-hybridized carbons (Fsp3) is 0.0909. The fourth-order valence-corrected chi connectivity index (χ4v) is 3.37. The highest BCUT2D eigenvalue weighted by atomic mass is 79.9. The highest BCUT2D eigenvalue weighted by Crippen LogP contribution is 2.43. The lowest BCUT2D eigenvalue weighted by Gasteiger charge is -2.19. The first-order chi connectivity index (χ1) is 16.6. The molecule has 4 nitrogen and oxygen atoms in total. The van der Waals surface area contributed by atoms with Crippen molar-refractivity contribution in [1.29, 1.82) is 5.26 Å². The molecule has 0 aliphatic heterocycles. The molecule has 0 fully saturated rings. The smallest absolute Gasteiger partial charge is 0.420 e. The number of rotatable bonds is 4. The molecular weight excluding hydrogens is 575 g/mol. The van der Waals surface area contributed by atoms with Gasteiger partial charge in [-0.3, -0.25) is 4.79 Å². The first kappa shape index (κ1) is 26.9. The quantitative estimate of drug-likeness (QED) is 0.319. The van der Waals surface area contributed by atoms with Crippen LogP contribution in [0.4, 0.5) is 45.2 Å². The van der Waals surface area contributed by atoms with Crippen LogP contribution in [0.3, 0.4) is 0 Å². The van der Waals surface area contributed by atoms with E-state index in [1.165, 1.54) is 6.07 Å². The molecule has 0 saturated heterocycles. The predicted molar refractivity (Wildman–Crippen MR) is 110 cm³/mol. The van der Waals surface area contributed by atoms with Crippen molar-refractivity contribution in [3.8, 4) is 17.6 Å². The van der Waals surface area contributed by atoms with Crippen molar-refractivity contribution in [3.63, 3.8) is 0 Å². The van der Waals surface area contributed by atoms with Crippen molar-refractivity contribution >= 4 is 27.5 Å². The minimum absolute atomic E-state index is 0.0944. The van der Waals surface area contributed by atoms with Gasteiger partial charge in [0.15, 0.2) is 17.4 Å². The summed E-state index contributed by atoms with van der Waals surface area (Å²) in [4.78, 5) is 12.7. The Balaban J connectivity index is 2.18. The molecule has 3 aromatic carbocycles. The zero-order valence-electron chi connectivity index (χ0n) is 17.1. The van der Waals surface area contributed by atoms with E-state index in [0.29, 0.717) is 18.2 Å². The minimum atomic E-state index is -5.33. The van der Waals surface area contributed by atoms with Gasteiger partial charge in [0.05, 0.1) is 11.1 Å². The van der Waals surface area contributed by atoms with E-state index >= 15 is 0 Å². The third-order valence-corrected chi connectivity index (χ3v) is 4.96. The number of anilines is 1. The molecular formula is C22H8BrF9N2O2. The molecule has 3 rings (SSSR count). The van der Waals surface area contributed by atoms with Gasteiger partial charge in [-0.25, -0.2) is 13.2 Å². The molecule has 0 aliphatic carbocycles. The molecule has 0 bridgehead atoms. The standard InChI is InChI=1S/C22H8BrF9N2O2/c23-10-6-13(22(30,31)32)19(15(25)7-10)36-16-4-2-12(21(27,28)29)18(26)17(16)20(35)34-11-1-3-14(24)9(5-11)8-33/h1-7H,(H,34,35). The second-order valence-electron chi connectivity index (χ2n) is 6.92. The second kappa shape index (κ2) is 9.73. The highest BCUT2D eigenvalue weighted by molar-refractivity contribution is 9.10. The number of nitrogens with zero attached hydrogens (tertiary/aromatic N) is 1. The van der Waals surface area contributed by atoms with Gasteiger partial charge in [0.1, 0.15) is 28.8 Å². The van der Waals surface area contributed by atoms with Crippen LogP contribution in [-0.4, -0.2) is 5.91 Å². The normalized spacial score (nSPS) is 11.7. The van der Waals surface area contributed by atoms with Crippen molar-refractivity contribution in [2.24, 2.45) is 0 Å². The molecule has 36 heavy (non-hydrogen) atoms. The van der Waals surface area contributed by atoms with Crippen LogP contribution >= 0.6 is 15.9 Å². The number of benzene rings is 3. The summed E-state index contributed by atoms with van der Waals surface area (Å²) in [6.07, 6.45) is -10.5. The number of ether oxygens (including phenoxy) is 1. The fourth-order valence-electron chi connectivity index (χ4n) is 2.94. The van der Waals surface area contributed by atoms with Crippen molar-refractivity contribution in [2.45, 2.75) is 12.4 Å². The Labute approximate surface area is 204 Å². The molecule has 0 radical (unpaired) electrons. The summed E-state index contributed by atoms with van der Waals surface area (Å²) in [6.45, 7) is 0. The number of carbonyl (C=O) groups excluding carboxylic acids is 1. The van der Waals surface area contributed by atoms with Crippen LogP contribution in [0.15, 0.2) is 46.9 Å². The Morgan fingerprint density at radius 3 is 2.11 bits per heavy atom. The van der Waals surface area contributed by atoms with Crippen molar-refractivity contribution in [1.82, 2.24) is 0 Å². The molecule has 0 heterocycles. The summed E-state index contributed by atoms with van der Waals surface area (Å²) in [5, 5.41) is 10.8. The SMILES string of the molecule is N#Cc1cc(NC(=O)c2c(Oc3c(F)cc(Br)cc3C(F)(F)F)ccc(C(F)(F)F)c2F)ccc1F. The third-order valence-electron chi connectivity index (χ3n) is 4.51. The van der Waals surface area contributed by atoms with Crippen molar-refractivity contribution in [3.05, 3.63) is 86.6 Å². The molecule has 0 saturated carbocycles. The van der Waals surface area contributed by atoms with Gasteiger partial charge in [-0.1, -0.05) is 15.9 Å². The number of nitriles is 1. The van der Waals surface area contributed by atoms with Gasteiger partial charge in [0.2, 0.25) is 0 Å². The van der Waals surface area contributed by atoms with Gasteiger partial charge in [-0.2, -0.15) is 31.6 Å². The van der Waals surface area contributed by atoms with Crippen LogP contribution in [0.25, 0.3) is 0 Å². The number of hydrogen-bond acceptors (Lipinski definition) is 3. The van der Waals surface area contributed by atoms with E-state index in [1.54, 1.807) is 0 Å². The topological polar surface area (TPSA) is 62.1 Å². The molecule has 188 valence electrons. The summed E-state index contributed by atoms with van der Waals surface area (Å²) >= 11 is 2.67. The van der Waals surface area contributed by atoms with E-state index in [1.807, 2.05) is 5.32 Å². The molecule has 0 aromatic heterocycles. The summed E-state index contributed by atoms with van der Waals surface area (Å²) in [6, 6.07) is 5.21. The highest BCUT2D eigenvalue weighted by Gasteiger charge is 2.39. The van der Waals surface area contributed by atoms with Gasteiger partial charge in [0.25, 0.3) is 5.91 Å². The van der Waals surface area contributed by atoms with Gasteiger partial charge >= 0.3 is 12.4 Å². The second-order valence-corrected chi connectivity index (χ2v) is 7.84. The van der Waals surface area contributed by atoms with Gasteiger partial charge in [0, 0.05) is 10.2 Å². The van der Waals surface area contributed by atoms with Crippen molar-refractivity contribution < 1.29 is 49.0 Å². The predicted octanol–water partition coefficient (Wildman–Crippen LogP) is 7.82. The number of nitrogens with one attached hydrogen (secondary N) is 1. The minimum Gasteiger partial charge on any atom is -0.453 e.